The molecular formula is C22H56N4. The summed E-state index contributed by atoms with van der Waals surface area (Å²) in [6.07, 6.45) is 17.9. The molecule has 0 rings (SSSR count). The number of rotatable bonds is 14. The second-order valence-corrected chi connectivity index (χ2v) is 6.69. The van der Waals surface area contributed by atoms with Gasteiger partial charge in [0.1, 0.15) is 0 Å². The van der Waals surface area contributed by atoms with E-state index in [1.165, 1.54) is 89.9 Å². The molecule has 0 saturated heterocycles. The Balaban J connectivity index is -0.000000126. The Morgan fingerprint density at radius 3 is 0.769 bits per heavy atom. The first-order chi connectivity index (χ1) is 12.7. The molecule has 4 heteroatoms. The molecular weight excluding hydrogens is 320 g/mol. The fraction of sp³-hybridized carbons (Fsp3) is 1.00. The lowest BCUT2D eigenvalue weighted by molar-refractivity contribution is 0.638. The molecule has 0 aliphatic rings. The summed E-state index contributed by atoms with van der Waals surface area (Å²) in [7, 11) is 0. The maximum atomic E-state index is 5.31. The van der Waals surface area contributed by atoms with Crippen molar-refractivity contribution in [1.82, 2.24) is 0 Å². The summed E-state index contributed by atoms with van der Waals surface area (Å²) in [5.41, 5.74) is 20.9. The lowest BCUT2D eigenvalue weighted by Crippen LogP contribution is -1.97. The van der Waals surface area contributed by atoms with Gasteiger partial charge < -0.3 is 22.9 Å². The fourth-order valence-electron chi connectivity index (χ4n) is 1.92. The van der Waals surface area contributed by atoms with Crippen LogP contribution in [0.15, 0.2) is 0 Å². The van der Waals surface area contributed by atoms with Gasteiger partial charge in [0.2, 0.25) is 0 Å². The van der Waals surface area contributed by atoms with E-state index in [1.807, 2.05) is 0 Å². The van der Waals surface area contributed by atoms with Crippen molar-refractivity contribution in [3.05, 3.63) is 0 Å². The largest absolute Gasteiger partial charge is 0.330 e. The summed E-state index contributed by atoms with van der Waals surface area (Å²) < 4.78 is 0. The quantitative estimate of drug-likeness (QED) is 0.308. The summed E-state index contributed by atoms with van der Waals surface area (Å²) in [4.78, 5) is 0. The molecule has 0 saturated carbocycles. The van der Waals surface area contributed by atoms with Crippen LogP contribution in [0.1, 0.15) is 118 Å². The zero-order valence-corrected chi connectivity index (χ0v) is 19.0. The zero-order chi connectivity index (χ0) is 20.7. The Morgan fingerprint density at radius 2 is 0.538 bits per heavy atom. The molecule has 0 aromatic rings. The van der Waals surface area contributed by atoms with Crippen molar-refractivity contribution in [2.75, 3.05) is 26.2 Å². The Labute approximate surface area is 167 Å². The van der Waals surface area contributed by atoms with E-state index >= 15 is 0 Å². The van der Waals surface area contributed by atoms with Crippen LogP contribution in [-0.4, -0.2) is 26.2 Å². The second kappa shape index (κ2) is 44.4. The van der Waals surface area contributed by atoms with Crippen LogP contribution in [0.4, 0.5) is 0 Å². The van der Waals surface area contributed by atoms with Crippen molar-refractivity contribution < 1.29 is 0 Å². The molecule has 0 amide bonds. The SMILES string of the molecule is CCCCCCCN.CCCCCCN.CCCCCN.CCCCN. The van der Waals surface area contributed by atoms with E-state index in [1.54, 1.807) is 0 Å². The first-order valence-corrected chi connectivity index (χ1v) is 11.5. The number of unbranched alkanes of at least 4 members (excludes halogenated alkanes) is 10. The van der Waals surface area contributed by atoms with Crippen molar-refractivity contribution in [3.8, 4) is 0 Å². The van der Waals surface area contributed by atoms with Crippen LogP contribution in [0.3, 0.4) is 0 Å². The molecule has 0 heterocycles. The van der Waals surface area contributed by atoms with Crippen LogP contribution in [-0.2, 0) is 0 Å². The smallest absolute Gasteiger partial charge is 0.00773 e. The van der Waals surface area contributed by atoms with Crippen molar-refractivity contribution in [2.24, 2.45) is 22.9 Å². The maximum absolute atomic E-state index is 5.31. The highest BCUT2D eigenvalue weighted by atomic mass is 14.5. The summed E-state index contributed by atoms with van der Waals surface area (Å²) in [6, 6.07) is 0. The topological polar surface area (TPSA) is 104 Å². The molecule has 26 heavy (non-hydrogen) atoms. The van der Waals surface area contributed by atoms with Crippen LogP contribution >= 0.6 is 0 Å². The minimum absolute atomic E-state index is 0.844. The number of hydrogen-bond acceptors (Lipinski definition) is 4. The third kappa shape index (κ3) is 64.9. The number of hydrogen-bond donors (Lipinski definition) is 4. The van der Waals surface area contributed by atoms with Gasteiger partial charge >= 0.3 is 0 Å². The van der Waals surface area contributed by atoms with E-state index < -0.39 is 0 Å². The molecule has 0 unspecified atom stereocenters. The maximum Gasteiger partial charge on any atom is -0.00773 e. The van der Waals surface area contributed by atoms with Crippen molar-refractivity contribution in [3.63, 3.8) is 0 Å². The molecule has 0 aliphatic carbocycles. The van der Waals surface area contributed by atoms with Crippen LogP contribution in [0.25, 0.3) is 0 Å². The van der Waals surface area contributed by atoms with Crippen molar-refractivity contribution in [1.29, 1.82) is 0 Å². The summed E-state index contributed by atoms with van der Waals surface area (Å²) in [6.45, 7) is 12.2. The van der Waals surface area contributed by atoms with Crippen molar-refractivity contribution in [2.45, 2.75) is 118 Å². The second-order valence-electron chi connectivity index (χ2n) is 6.69. The van der Waals surface area contributed by atoms with Gasteiger partial charge in [0.15, 0.2) is 0 Å². The van der Waals surface area contributed by atoms with Gasteiger partial charge in [0.25, 0.3) is 0 Å². The summed E-state index contributed by atoms with van der Waals surface area (Å²) in [5.74, 6) is 0. The highest BCUT2D eigenvalue weighted by molar-refractivity contribution is 4.41. The molecule has 0 aromatic carbocycles. The average molecular weight is 377 g/mol. The number of nitrogens with two attached hydrogens (primary N) is 4. The van der Waals surface area contributed by atoms with Crippen molar-refractivity contribution >= 4 is 0 Å². The zero-order valence-electron chi connectivity index (χ0n) is 19.0. The highest BCUT2D eigenvalue weighted by Crippen LogP contribution is 2.00. The van der Waals surface area contributed by atoms with E-state index in [0.29, 0.717) is 0 Å². The molecule has 0 bridgehead atoms. The normalized spacial score (nSPS) is 9.23. The predicted octanol–water partition coefficient (Wildman–Crippen LogP) is 5.32. The first kappa shape index (κ1) is 33.4. The highest BCUT2D eigenvalue weighted by Gasteiger charge is 1.83. The molecule has 164 valence electrons. The van der Waals surface area contributed by atoms with E-state index in [0.717, 1.165) is 26.2 Å². The minimum Gasteiger partial charge on any atom is -0.330 e. The predicted molar refractivity (Wildman–Crippen MR) is 124 cm³/mol. The van der Waals surface area contributed by atoms with E-state index in [-0.39, 0.29) is 0 Å². The third-order valence-electron chi connectivity index (χ3n) is 3.73. The Morgan fingerprint density at radius 1 is 0.308 bits per heavy atom. The molecule has 0 atom stereocenters. The monoisotopic (exact) mass is 376 g/mol. The van der Waals surface area contributed by atoms with Crippen LogP contribution < -0.4 is 22.9 Å². The van der Waals surface area contributed by atoms with Crippen LogP contribution in [0.5, 0.6) is 0 Å². The molecule has 4 nitrogen and oxygen atoms in total. The Bertz CT molecular complexity index is 150. The van der Waals surface area contributed by atoms with Gasteiger partial charge in [-0.1, -0.05) is 91.9 Å². The molecule has 0 radical (unpaired) electrons. The van der Waals surface area contributed by atoms with Crippen LogP contribution in [0.2, 0.25) is 0 Å². The molecule has 0 fully saturated rings. The van der Waals surface area contributed by atoms with E-state index in [2.05, 4.69) is 27.7 Å². The van der Waals surface area contributed by atoms with E-state index in [4.69, 9.17) is 22.9 Å². The van der Waals surface area contributed by atoms with Gasteiger partial charge in [0.05, 0.1) is 0 Å². The van der Waals surface area contributed by atoms with Gasteiger partial charge in [-0.25, -0.2) is 0 Å². The van der Waals surface area contributed by atoms with Gasteiger partial charge in [-0.05, 0) is 51.9 Å². The summed E-state index contributed by atoms with van der Waals surface area (Å²) in [5, 5.41) is 0. The lowest BCUT2D eigenvalue weighted by Gasteiger charge is -1.93. The lowest BCUT2D eigenvalue weighted by atomic mass is 10.2. The van der Waals surface area contributed by atoms with Gasteiger partial charge in [0, 0.05) is 0 Å². The van der Waals surface area contributed by atoms with Gasteiger partial charge in [-0.2, -0.15) is 0 Å². The minimum atomic E-state index is 0.844. The van der Waals surface area contributed by atoms with Crippen LogP contribution in [0, 0.1) is 0 Å². The van der Waals surface area contributed by atoms with E-state index in [9.17, 15) is 0 Å². The molecule has 0 spiro atoms. The first-order valence-electron chi connectivity index (χ1n) is 11.5. The Kier molecular flexibility index (Phi) is 57.0. The molecule has 8 N–H and O–H groups in total. The molecule has 0 aliphatic heterocycles. The van der Waals surface area contributed by atoms with Gasteiger partial charge in [-0.15, -0.1) is 0 Å². The summed E-state index contributed by atoms with van der Waals surface area (Å²) >= 11 is 0. The fourth-order valence-corrected chi connectivity index (χ4v) is 1.92. The average Bonchev–Trinajstić information content (AvgIpc) is 2.66. The van der Waals surface area contributed by atoms with Gasteiger partial charge in [-0.3, -0.25) is 0 Å². The third-order valence-corrected chi connectivity index (χ3v) is 3.73. The standard InChI is InChI=1S/C7H17N.C6H15N.C5H13N.C4H11N/c1-2-3-4-5-6-7-8;1-2-3-4-5-6-7;1-2-3-4-5-6;1-2-3-4-5/h2-8H2,1H3;2-7H2,1H3;2-6H2,1H3;2-5H2,1H3. The Hall–Kier alpha value is -0.160. The molecule has 0 aromatic heterocycles.